The highest BCUT2D eigenvalue weighted by Crippen LogP contribution is 2.10. The lowest BCUT2D eigenvalue weighted by Gasteiger charge is -2.13. The molecule has 1 atom stereocenters. The largest absolute Gasteiger partial charge is 0.459 e. The molecule has 0 radical (unpaired) electrons. The SMILES string of the molecule is CCCCCC(C)OC(=O)C(C)=C(C)C. The minimum Gasteiger partial charge on any atom is -0.459 e. The lowest BCUT2D eigenvalue weighted by Crippen LogP contribution is -2.16. The molecule has 0 N–H and O–H groups in total. The standard InChI is InChI=1S/C13H24O2/c1-6-7-8-9-11(4)15-13(14)12(5)10(2)3/h11H,6-9H2,1-5H3. The molecule has 0 aliphatic rings. The zero-order chi connectivity index (χ0) is 11.8. The van der Waals surface area contributed by atoms with Crippen LogP contribution in [0.25, 0.3) is 0 Å². The average Bonchev–Trinajstić information content (AvgIpc) is 2.16. The molecular formula is C13H24O2. The van der Waals surface area contributed by atoms with E-state index in [1.165, 1.54) is 12.8 Å². The van der Waals surface area contributed by atoms with Crippen molar-refractivity contribution in [2.24, 2.45) is 0 Å². The van der Waals surface area contributed by atoms with Crippen LogP contribution in [0.5, 0.6) is 0 Å². The number of hydrogen-bond donors (Lipinski definition) is 0. The average molecular weight is 212 g/mol. The molecule has 15 heavy (non-hydrogen) atoms. The van der Waals surface area contributed by atoms with Crippen LogP contribution in [0.15, 0.2) is 11.1 Å². The van der Waals surface area contributed by atoms with Gasteiger partial charge in [0.2, 0.25) is 0 Å². The van der Waals surface area contributed by atoms with Crippen LogP contribution in [-0.2, 0) is 9.53 Å². The Morgan fingerprint density at radius 2 is 1.80 bits per heavy atom. The number of carbonyl (C=O) groups excluding carboxylic acids is 1. The van der Waals surface area contributed by atoms with Crippen molar-refractivity contribution >= 4 is 5.97 Å². The molecule has 0 saturated carbocycles. The Morgan fingerprint density at radius 1 is 1.20 bits per heavy atom. The van der Waals surface area contributed by atoms with Crippen molar-refractivity contribution in [1.29, 1.82) is 0 Å². The summed E-state index contributed by atoms with van der Waals surface area (Å²) in [6.45, 7) is 9.81. The van der Waals surface area contributed by atoms with Crippen LogP contribution in [-0.4, -0.2) is 12.1 Å². The number of unbranched alkanes of at least 4 members (excludes halogenated alkanes) is 2. The van der Waals surface area contributed by atoms with Gasteiger partial charge in [0, 0.05) is 5.57 Å². The minimum absolute atomic E-state index is 0.0401. The third-order valence-electron chi connectivity index (χ3n) is 2.58. The van der Waals surface area contributed by atoms with E-state index in [1.807, 2.05) is 27.7 Å². The van der Waals surface area contributed by atoms with Crippen LogP contribution < -0.4 is 0 Å². The zero-order valence-electron chi connectivity index (χ0n) is 10.7. The summed E-state index contributed by atoms with van der Waals surface area (Å²) in [7, 11) is 0. The van der Waals surface area contributed by atoms with Crippen LogP contribution in [0.1, 0.15) is 60.3 Å². The molecule has 0 spiro atoms. The summed E-state index contributed by atoms with van der Waals surface area (Å²) in [5, 5.41) is 0. The zero-order valence-corrected chi connectivity index (χ0v) is 10.7. The summed E-state index contributed by atoms with van der Waals surface area (Å²) in [5.41, 5.74) is 1.76. The molecule has 0 aliphatic carbocycles. The molecule has 88 valence electrons. The van der Waals surface area contributed by atoms with Crippen molar-refractivity contribution in [3.63, 3.8) is 0 Å². The van der Waals surface area contributed by atoms with E-state index in [0.717, 1.165) is 24.0 Å². The van der Waals surface area contributed by atoms with Crippen LogP contribution in [0.3, 0.4) is 0 Å². The fourth-order valence-corrected chi connectivity index (χ4v) is 1.22. The van der Waals surface area contributed by atoms with Crippen molar-refractivity contribution in [2.75, 3.05) is 0 Å². The predicted octanol–water partition coefficient (Wildman–Crippen LogP) is 3.85. The molecule has 2 nitrogen and oxygen atoms in total. The molecular weight excluding hydrogens is 188 g/mol. The minimum atomic E-state index is -0.168. The highest BCUT2D eigenvalue weighted by Gasteiger charge is 2.11. The smallest absolute Gasteiger partial charge is 0.333 e. The van der Waals surface area contributed by atoms with E-state index in [4.69, 9.17) is 4.74 Å². The highest BCUT2D eigenvalue weighted by atomic mass is 16.5. The first-order valence-corrected chi connectivity index (χ1v) is 5.84. The topological polar surface area (TPSA) is 26.3 Å². The Labute approximate surface area is 93.7 Å². The molecule has 0 amide bonds. The van der Waals surface area contributed by atoms with Gasteiger partial charge in [0.15, 0.2) is 0 Å². The maximum Gasteiger partial charge on any atom is 0.333 e. The molecule has 0 aromatic rings. The summed E-state index contributed by atoms with van der Waals surface area (Å²) in [6.07, 6.45) is 4.56. The van der Waals surface area contributed by atoms with E-state index in [1.54, 1.807) is 0 Å². The Morgan fingerprint density at radius 3 is 2.27 bits per heavy atom. The Hall–Kier alpha value is -0.790. The van der Waals surface area contributed by atoms with Crippen LogP contribution in [0.2, 0.25) is 0 Å². The van der Waals surface area contributed by atoms with Gasteiger partial charge in [-0.15, -0.1) is 0 Å². The fourth-order valence-electron chi connectivity index (χ4n) is 1.22. The van der Waals surface area contributed by atoms with E-state index in [0.29, 0.717) is 0 Å². The highest BCUT2D eigenvalue weighted by molar-refractivity contribution is 5.88. The summed E-state index contributed by atoms with van der Waals surface area (Å²) in [6, 6.07) is 0. The second-order valence-electron chi connectivity index (χ2n) is 4.34. The van der Waals surface area contributed by atoms with Gasteiger partial charge in [-0.25, -0.2) is 4.79 Å². The third-order valence-corrected chi connectivity index (χ3v) is 2.58. The van der Waals surface area contributed by atoms with Gasteiger partial charge in [-0.3, -0.25) is 0 Å². The summed E-state index contributed by atoms with van der Waals surface area (Å²) < 4.78 is 5.32. The maximum absolute atomic E-state index is 11.5. The van der Waals surface area contributed by atoms with Gasteiger partial charge in [-0.05, 0) is 40.5 Å². The van der Waals surface area contributed by atoms with Gasteiger partial charge in [0.25, 0.3) is 0 Å². The molecule has 2 heteroatoms. The Balaban J connectivity index is 3.92. The molecule has 0 rings (SSSR count). The number of rotatable bonds is 6. The number of allylic oxidation sites excluding steroid dienone is 1. The second kappa shape index (κ2) is 7.49. The van der Waals surface area contributed by atoms with Crippen molar-refractivity contribution in [2.45, 2.75) is 66.4 Å². The first-order chi connectivity index (χ1) is 6.99. The van der Waals surface area contributed by atoms with Gasteiger partial charge >= 0.3 is 5.97 Å². The molecule has 0 aromatic heterocycles. The first-order valence-electron chi connectivity index (χ1n) is 5.84. The third kappa shape index (κ3) is 6.32. The molecule has 0 saturated heterocycles. The first kappa shape index (κ1) is 14.2. The molecule has 1 unspecified atom stereocenters. The van der Waals surface area contributed by atoms with Crippen LogP contribution >= 0.6 is 0 Å². The van der Waals surface area contributed by atoms with Gasteiger partial charge in [-0.1, -0.05) is 25.3 Å². The van der Waals surface area contributed by atoms with Gasteiger partial charge in [-0.2, -0.15) is 0 Å². The van der Waals surface area contributed by atoms with Crippen molar-refractivity contribution in [1.82, 2.24) is 0 Å². The van der Waals surface area contributed by atoms with Gasteiger partial charge in [0.1, 0.15) is 0 Å². The molecule has 0 fully saturated rings. The Bertz CT molecular complexity index is 225. The van der Waals surface area contributed by atoms with E-state index in [2.05, 4.69) is 6.92 Å². The van der Waals surface area contributed by atoms with Gasteiger partial charge in [0.05, 0.1) is 6.10 Å². The van der Waals surface area contributed by atoms with Crippen molar-refractivity contribution in [3.8, 4) is 0 Å². The van der Waals surface area contributed by atoms with E-state index in [-0.39, 0.29) is 12.1 Å². The summed E-state index contributed by atoms with van der Waals surface area (Å²) in [4.78, 5) is 11.5. The molecule has 0 heterocycles. The summed E-state index contributed by atoms with van der Waals surface area (Å²) in [5.74, 6) is -0.168. The van der Waals surface area contributed by atoms with E-state index in [9.17, 15) is 4.79 Å². The van der Waals surface area contributed by atoms with Gasteiger partial charge < -0.3 is 4.74 Å². The van der Waals surface area contributed by atoms with E-state index < -0.39 is 0 Å². The maximum atomic E-state index is 11.5. The lowest BCUT2D eigenvalue weighted by atomic mass is 10.1. The Kier molecular flexibility index (Phi) is 7.10. The van der Waals surface area contributed by atoms with Crippen LogP contribution in [0, 0.1) is 0 Å². The lowest BCUT2D eigenvalue weighted by molar-refractivity contribution is -0.143. The van der Waals surface area contributed by atoms with E-state index >= 15 is 0 Å². The number of ether oxygens (including phenoxy) is 1. The molecule has 0 aromatic carbocycles. The predicted molar refractivity (Wildman–Crippen MR) is 63.7 cm³/mol. The van der Waals surface area contributed by atoms with Crippen molar-refractivity contribution < 1.29 is 9.53 Å². The molecule has 0 bridgehead atoms. The monoisotopic (exact) mass is 212 g/mol. The fraction of sp³-hybridized carbons (Fsp3) is 0.769. The number of carbonyl (C=O) groups is 1. The van der Waals surface area contributed by atoms with Crippen LogP contribution in [0.4, 0.5) is 0 Å². The molecule has 0 aliphatic heterocycles. The second-order valence-corrected chi connectivity index (χ2v) is 4.34. The number of hydrogen-bond acceptors (Lipinski definition) is 2. The summed E-state index contributed by atoms with van der Waals surface area (Å²) >= 11 is 0. The quantitative estimate of drug-likeness (QED) is 0.380. The number of esters is 1. The normalized spacial score (nSPS) is 12.1. The van der Waals surface area contributed by atoms with Crippen molar-refractivity contribution in [3.05, 3.63) is 11.1 Å².